The van der Waals surface area contributed by atoms with Crippen LogP contribution in [0.5, 0.6) is 0 Å². The van der Waals surface area contributed by atoms with Crippen LogP contribution in [0.3, 0.4) is 0 Å². The van der Waals surface area contributed by atoms with E-state index in [0.29, 0.717) is 0 Å². The first-order valence-corrected chi connectivity index (χ1v) is 6.37. The van der Waals surface area contributed by atoms with E-state index in [-0.39, 0.29) is 5.54 Å². The van der Waals surface area contributed by atoms with Crippen molar-refractivity contribution in [2.24, 2.45) is 0 Å². The summed E-state index contributed by atoms with van der Waals surface area (Å²) in [6.45, 7) is 2.28. The Morgan fingerprint density at radius 3 is 2.82 bits per heavy atom. The molecule has 3 rings (SSSR count). The third kappa shape index (κ3) is 1.98. The molecule has 88 valence electrons. The smallest absolute Gasteiger partial charge is 0.0737 e. The van der Waals surface area contributed by atoms with Gasteiger partial charge in [0.25, 0.3) is 0 Å². The number of hydrogen-bond donors (Lipinski definition) is 1. The van der Waals surface area contributed by atoms with Gasteiger partial charge in [0.15, 0.2) is 0 Å². The second-order valence-electron chi connectivity index (χ2n) is 5.06. The molecular formula is C14H15ClN2. The SMILES string of the molecule is CC1(Nc2ccnc3cc(Cl)ccc23)CCC1. The molecule has 0 bridgehead atoms. The minimum Gasteiger partial charge on any atom is -0.379 e. The van der Waals surface area contributed by atoms with E-state index in [9.17, 15) is 0 Å². The van der Waals surface area contributed by atoms with Crippen molar-refractivity contribution in [2.45, 2.75) is 31.7 Å². The molecule has 1 fully saturated rings. The predicted molar refractivity (Wildman–Crippen MR) is 72.6 cm³/mol. The number of halogens is 1. The summed E-state index contributed by atoms with van der Waals surface area (Å²) in [4.78, 5) is 4.35. The van der Waals surface area contributed by atoms with Crippen molar-refractivity contribution in [3.8, 4) is 0 Å². The van der Waals surface area contributed by atoms with Crippen LogP contribution >= 0.6 is 11.6 Å². The van der Waals surface area contributed by atoms with Gasteiger partial charge in [-0.3, -0.25) is 4.98 Å². The van der Waals surface area contributed by atoms with Crippen LogP contribution in [0.4, 0.5) is 5.69 Å². The molecule has 0 atom stereocenters. The van der Waals surface area contributed by atoms with Gasteiger partial charge in [-0.25, -0.2) is 0 Å². The van der Waals surface area contributed by atoms with Crippen LogP contribution in [-0.4, -0.2) is 10.5 Å². The van der Waals surface area contributed by atoms with Gasteiger partial charge in [-0.1, -0.05) is 11.6 Å². The Labute approximate surface area is 106 Å². The number of nitrogens with zero attached hydrogens (tertiary/aromatic N) is 1. The summed E-state index contributed by atoms with van der Waals surface area (Å²) < 4.78 is 0. The molecule has 1 saturated carbocycles. The standard InChI is InChI=1S/C14H15ClN2/c1-14(6-2-7-14)17-12-5-8-16-13-9-10(15)3-4-11(12)13/h3-5,8-9H,2,6-7H2,1H3,(H,16,17). The summed E-state index contributed by atoms with van der Waals surface area (Å²) in [7, 11) is 0. The Bertz CT molecular complexity index is 561. The lowest BCUT2D eigenvalue weighted by Crippen LogP contribution is -2.41. The zero-order valence-electron chi connectivity index (χ0n) is 9.83. The van der Waals surface area contributed by atoms with E-state index in [1.807, 2.05) is 30.5 Å². The number of anilines is 1. The number of benzene rings is 1. The largest absolute Gasteiger partial charge is 0.379 e. The third-order valence-corrected chi connectivity index (χ3v) is 3.83. The fourth-order valence-electron chi connectivity index (χ4n) is 2.39. The average molecular weight is 247 g/mol. The van der Waals surface area contributed by atoms with Crippen molar-refractivity contribution < 1.29 is 0 Å². The van der Waals surface area contributed by atoms with E-state index < -0.39 is 0 Å². The lowest BCUT2D eigenvalue weighted by Gasteiger charge is -2.40. The number of fused-ring (bicyclic) bond motifs is 1. The summed E-state index contributed by atoms with van der Waals surface area (Å²) in [6, 6.07) is 7.90. The first kappa shape index (κ1) is 10.8. The molecule has 0 aliphatic heterocycles. The molecule has 0 radical (unpaired) electrons. The van der Waals surface area contributed by atoms with E-state index in [2.05, 4.69) is 17.2 Å². The highest BCUT2D eigenvalue weighted by Gasteiger charge is 2.31. The van der Waals surface area contributed by atoms with Crippen LogP contribution in [0.2, 0.25) is 5.02 Å². The molecule has 0 saturated heterocycles. The average Bonchev–Trinajstić information content (AvgIpc) is 2.27. The van der Waals surface area contributed by atoms with E-state index in [0.717, 1.165) is 21.6 Å². The van der Waals surface area contributed by atoms with Crippen LogP contribution in [0.15, 0.2) is 30.5 Å². The Hall–Kier alpha value is -1.28. The highest BCUT2D eigenvalue weighted by molar-refractivity contribution is 6.31. The summed E-state index contributed by atoms with van der Waals surface area (Å²) in [5.41, 5.74) is 2.37. The van der Waals surface area contributed by atoms with E-state index in [4.69, 9.17) is 11.6 Å². The molecule has 1 aromatic heterocycles. The minimum atomic E-state index is 0.258. The van der Waals surface area contributed by atoms with Gasteiger partial charge in [0.2, 0.25) is 0 Å². The summed E-state index contributed by atoms with van der Waals surface area (Å²) in [6.07, 6.45) is 5.64. The van der Waals surface area contributed by atoms with Gasteiger partial charge < -0.3 is 5.32 Å². The number of rotatable bonds is 2. The highest BCUT2D eigenvalue weighted by Crippen LogP contribution is 2.36. The van der Waals surface area contributed by atoms with Crippen molar-refractivity contribution in [2.75, 3.05) is 5.32 Å². The van der Waals surface area contributed by atoms with Crippen LogP contribution in [0.1, 0.15) is 26.2 Å². The summed E-state index contributed by atoms with van der Waals surface area (Å²) >= 11 is 5.98. The second kappa shape index (κ2) is 3.88. The van der Waals surface area contributed by atoms with Gasteiger partial charge in [0.1, 0.15) is 0 Å². The molecule has 0 unspecified atom stereocenters. The maximum Gasteiger partial charge on any atom is 0.0737 e. The zero-order valence-corrected chi connectivity index (χ0v) is 10.6. The van der Waals surface area contributed by atoms with Gasteiger partial charge in [0, 0.05) is 27.8 Å². The maximum absolute atomic E-state index is 5.98. The molecular weight excluding hydrogens is 232 g/mol. The van der Waals surface area contributed by atoms with Crippen LogP contribution in [-0.2, 0) is 0 Å². The molecule has 2 nitrogen and oxygen atoms in total. The summed E-state index contributed by atoms with van der Waals surface area (Å²) in [5, 5.41) is 5.51. The van der Waals surface area contributed by atoms with Crippen LogP contribution < -0.4 is 5.32 Å². The van der Waals surface area contributed by atoms with Gasteiger partial charge in [-0.15, -0.1) is 0 Å². The third-order valence-electron chi connectivity index (χ3n) is 3.60. The number of hydrogen-bond acceptors (Lipinski definition) is 2. The first-order chi connectivity index (χ1) is 8.16. The fraction of sp³-hybridized carbons (Fsp3) is 0.357. The number of aromatic nitrogens is 1. The van der Waals surface area contributed by atoms with Crippen molar-refractivity contribution in [3.05, 3.63) is 35.5 Å². The van der Waals surface area contributed by atoms with E-state index in [1.165, 1.54) is 19.3 Å². The maximum atomic E-state index is 5.98. The van der Waals surface area contributed by atoms with Crippen molar-refractivity contribution in [1.82, 2.24) is 4.98 Å². The normalized spacial score (nSPS) is 17.8. The molecule has 1 aromatic carbocycles. The molecule has 0 spiro atoms. The Morgan fingerprint density at radius 2 is 2.12 bits per heavy atom. The van der Waals surface area contributed by atoms with Crippen molar-refractivity contribution in [1.29, 1.82) is 0 Å². The first-order valence-electron chi connectivity index (χ1n) is 5.99. The molecule has 1 N–H and O–H groups in total. The number of nitrogens with one attached hydrogen (secondary N) is 1. The van der Waals surface area contributed by atoms with Crippen LogP contribution in [0, 0.1) is 0 Å². The minimum absolute atomic E-state index is 0.258. The molecule has 1 aliphatic carbocycles. The lowest BCUT2D eigenvalue weighted by molar-refractivity contribution is 0.307. The Morgan fingerprint density at radius 1 is 1.29 bits per heavy atom. The molecule has 1 aliphatic rings. The van der Waals surface area contributed by atoms with Gasteiger partial charge in [0.05, 0.1) is 5.52 Å². The lowest BCUT2D eigenvalue weighted by atomic mass is 9.78. The van der Waals surface area contributed by atoms with E-state index in [1.54, 1.807) is 0 Å². The Balaban J connectivity index is 2.04. The van der Waals surface area contributed by atoms with Gasteiger partial charge in [-0.2, -0.15) is 0 Å². The molecule has 17 heavy (non-hydrogen) atoms. The molecule has 3 heteroatoms. The summed E-state index contributed by atoms with van der Waals surface area (Å²) in [5.74, 6) is 0. The molecule has 2 aromatic rings. The van der Waals surface area contributed by atoms with Crippen molar-refractivity contribution >= 4 is 28.2 Å². The van der Waals surface area contributed by atoms with Gasteiger partial charge >= 0.3 is 0 Å². The predicted octanol–water partition coefficient (Wildman–Crippen LogP) is 4.24. The van der Waals surface area contributed by atoms with Crippen LogP contribution in [0.25, 0.3) is 10.9 Å². The fourth-order valence-corrected chi connectivity index (χ4v) is 2.55. The van der Waals surface area contributed by atoms with Crippen molar-refractivity contribution in [3.63, 3.8) is 0 Å². The number of pyridine rings is 1. The monoisotopic (exact) mass is 246 g/mol. The highest BCUT2D eigenvalue weighted by atomic mass is 35.5. The zero-order chi connectivity index (χ0) is 11.9. The quantitative estimate of drug-likeness (QED) is 0.857. The molecule has 0 amide bonds. The topological polar surface area (TPSA) is 24.9 Å². The Kier molecular flexibility index (Phi) is 2.48. The van der Waals surface area contributed by atoms with Gasteiger partial charge in [-0.05, 0) is 50.5 Å². The second-order valence-corrected chi connectivity index (χ2v) is 5.50. The van der Waals surface area contributed by atoms with E-state index >= 15 is 0 Å². The molecule has 1 heterocycles.